The van der Waals surface area contributed by atoms with Crippen molar-refractivity contribution in [3.05, 3.63) is 29.5 Å². The summed E-state index contributed by atoms with van der Waals surface area (Å²) in [6.07, 6.45) is 1.07. The van der Waals surface area contributed by atoms with E-state index in [0.717, 1.165) is 15.6 Å². The van der Waals surface area contributed by atoms with Crippen molar-refractivity contribution in [1.29, 1.82) is 0 Å². The Hall–Kier alpha value is -1.50. The van der Waals surface area contributed by atoms with Gasteiger partial charge < -0.3 is 14.7 Å². The SMILES string of the molecule is COCC1(O)CCN(C(=O)c2nsc3ccc(C)cc23)CC1. The highest BCUT2D eigenvalue weighted by atomic mass is 32.1. The lowest BCUT2D eigenvalue weighted by atomic mass is 9.92. The lowest BCUT2D eigenvalue weighted by molar-refractivity contribution is -0.0662. The quantitative estimate of drug-likeness (QED) is 0.942. The summed E-state index contributed by atoms with van der Waals surface area (Å²) in [6.45, 7) is 3.39. The Balaban J connectivity index is 1.78. The molecule has 3 rings (SSSR count). The van der Waals surface area contributed by atoms with Crippen molar-refractivity contribution in [2.24, 2.45) is 0 Å². The fourth-order valence-corrected chi connectivity index (χ4v) is 3.64. The number of methoxy groups -OCH3 is 1. The molecule has 6 heteroatoms. The summed E-state index contributed by atoms with van der Waals surface area (Å²) in [5, 5.41) is 11.3. The minimum Gasteiger partial charge on any atom is -0.387 e. The zero-order valence-electron chi connectivity index (χ0n) is 12.8. The third kappa shape index (κ3) is 2.86. The number of carbonyl (C=O) groups is 1. The van der Waals surface area contributed by atoms with E-state index >= 15 is 0 Å². The number of ether oxygens (including phenoxy) is 1. The van der Waals surface area contributed by atoms with E-state index in [1.807, 2.05) is 25.1 Å². The molecule has 5 nitrogen and oxygen atoms in total. The van der Waals surface area contributed by atoms with Gasteiger partial charge in [-0.25, -0.2) is 0 Å². The number of likely N-dealkylation sites (tertiary alicyclic amines) is 1. The molecule has 0 aliphatic carbocycles. The number of fused-ring (bicyclic) bond motifs is 1. The number of aryl methyl sites for hydroxylation is 1. The first-order valence-electron chi connectivity index (χ1n) is 7.39. The van der Waals surface area contributed by atoms with Crippen LogP contribution in [0.2, 0.25) is 0 Å². The van der Waals surface area contributed by atoms with Gasteiger partial charge in [-0.1, -0.05) is 11.6 Å². The van der Waals surface area contributed by atoms with Crippen LogP contribution in [0.25, 0.3) is 10.1 Å². The van der Waals surface area contributed by atoms with Gasteiger partial charge in [0.2, 0.25) is 0 Å². The third-order valence-electron chi connectivity index (χ3n) is 4.22. The van der Waals surface area contributed by atoms with Gasteiger partial charge in [-0.05, 0) is 43.4 Å². The highest BCUT2D eigenvalue weighted by Crippen LogP contribution is 2.28. The molecule has 118 valence electrons. The summed E-state index contributed by atoms with van der Waals surface area (Å²) >= 11 is 1.36. The van der Waals surface area contributed by atoms with Crippen LogP contribution < -0.4 is 0 Å². The van der Waals surface area contributed by atoms with E-state index < -0.39 is 5.60 Å². The first kappa shape index (κ1) is 15.4. The largest absolute Gasteiger partial charge is 0.387 e. The monoisotopic (exact) mass is 320 g/mol. The predicted octanol–water partition coefficient (Wildman–Crippen LogP) is 2.22. The number of rotatable bonds is 3. The second-order valence-corrected chi connectivity index (χ2v) is 6.79. The summed E-state index contributed by atoms with van der Waals surface area (Å²) in [5.41, 5.74) is 0.836. The number of hydrogen-bond donors (Lipinski definition) is 1. The fourth-order valence-electron chi connectivity index (χ4n) is 2.90. The van der Waals surface area contributed by atoms with E-state index in [-0.39, 0.29) is 5.91 Å². The average molecular weight is 320 g/mol. The fraction of sp³-hybridized carbons (Fsp3) is 0.500. The zero-order valence-corrected chi connectivity index (χ0v) is 13.7. The smallest absolute Gasteiger partial charge is 0.274 e. The predicted molar refractivity (Wildman–Crippen MR) is 86.3 cm³/mol. The maximum atomic E-state index is 12.7. The topological polar surface area (TPSA) is 62.7 Å². The Morgan fingerprint density at radius 2 is 2.18 bits per heavy atom. The molecule has 2 aromatic rings. The van der Waals surface area contributed by atoms with Crippen molar-refractivity contribution >= 4 is 27.5 Å². The Kier molecular flexibility index (Phi) is 4.16. The van der Waals surface area contributed by atoms with E-state index in [2.05, 4.69) is 4.37 Å². The van der Waals surface area contributed by atoms with Crippen LogP contribution in [0.5, 0.6) is 0 Å². The van der Waals surface area contributed by atoms with E-state index in [9.17, 15) is 9.90 Å². The van der Waals surface area contributed by atoms with Gasteiger partial charge in [0, 0.05) is 25.6 Å². The number of aliphatic hydroxyl groups is 1. The highest BCUT2D eigenvalue weighted by molar-refractivity contribution is 7.13. The Morgan fingerprint density at radius 3 is 2.86 bits per heavy atom. The number of benzene rings is 1. The molecule has 0 bridgehead atoms. The lowest BCUT2D eigenvalue weighted by Crippen LogP contribution is -2.48. The molecule has 1 N–H and O–H groups in total. The van der Waals surface area contributed by atoms with Crippen LogP contribution in [0.15, 0.2) is 18.2 Å². The molecular formula is C16H20N2O3S. The average Bonchev–Trinajstić information content (AvgIpc) is 2.90. The summed E-state index contributed by atoms with van der Waals surface area (Å²) < 4.78 is 10.4. The molecule has 1 fully saturated rings. The molecule has 0 radical (unpaired) electrons. The van der Waals surface area contributed by atoms with Crippen molar-refractivity contribution in [1.82, 2.24) is 9.27 Å². The van der Waals surface area contributed by atoms with Crippen LogP contribution in [0.1, 0.15) is 28.9 Å². The van der Waals surface area contributed by atoms with Crippen LogP contribution in [0, 0.1) is 6.92 Å². The second-order valence-electron chi connectivity index (χ2n) is 5.98. The Morgan fingerprint density at radius 1 is 1.45 bits per heavy atom. The third-order valence-corrected chi connectivity index (χ3v) is 5.05. The van der Waals surface area contributed by atoms with E-state index in [4.69, 9.17) is 4.74 Å². The summed E-state index contributed by atoms with van der Waals surface area (Å²) in [6, 6.07) is 6.05. The lowest BCUT2D eigenvalue weighted by Gasteiger charge is -2.37. The molecule has 1 aromatic carbocycles. The Labute approximate surface area is 133 Å². The molecular weight excluding hydrogens is 300 g/mol. The van der Waals surface area contributed by atoms with Crippen LogP contribution in [-0.4, -0.2) is 52.7 Å². The van der Waals surface area contributed by atoms with Gasteiger partial charge in [0.05, 0.1) is 16.9 Å². The molecule has 1 aliphatic heterocycles. The van der Waals surface area contributed by atoms with Crippen LogP contribution >= 0.6 is 11.5 Å². The van der Waals surface area contributed by atoms with E-state index in [0.29, 0.717) is 38.2 Å². The maximum absolute atomic E-state index is 12.7. The van der Waals surface area contributed by atoms with Crippen molar-refractivity contribution in [3.8, 4) is 0 Å². The maximum Gasteiger partial charge on any atom is 0.274 e. The van der Waals surface area contributed by atoms with Gasteiger partial charge in [-0.2, -0.15) is 4.37 Å². The molecule has 0 saturated carbocycles. The van der Waals surface area contributed by atoms with Gasteiger partial charge in [0.25, 0.3) is 5.91 Å². The molecule has 1 amide bonds. The first-order chi connectivity index (χ1) is 10.5. The summed E-state index contributed by atoms with van der Waals surface area (Å²) in [5.74, 6) is -0.0451. The van der Waals surface area contributed by atoms with Crippen LogP contribution in [0.4, 0.5) is 0 Å². The Bertz CT molecular complexity index is 690. The summed E-state index contributed by atoms with van der Waals surface area (Å²) in [4.78, 5) is 14.5. The number of amides is 1. The van der Waals surface area contributed by atoms with Crippen molar-refractivity contribution in [2.45, 2.75) is 25.4 Å². The van der Waals surface area contributed by atoms with Gasteiger partial charge in [-0.3, -0.25) is 4.79 Å². The number of piperidine rings is 1. The normalized spacial score (nSPS) is 17.9. The number of carbonyl (C=O) groups excluding carboxylic acids is 1. The second kappa shape index (κ2) is 5.95. The van der Waals surface area contributed by atoms with E-state index in [1.165, 1.54) is 11.5 Å². The highest BCUT2D eigenvalue weighted by Gasteiger charge is 2.35. The number of hydrogen-bond acceptors (Lipinski definition) is 5. The molecule has 0 atom stereocenters. The van der Waals surface area contributed by atoms with Gasteiger partial charge in [0.1, 0.15) is 5.69 Å². The number of nitrogens with zero attached hydrogens (tertiary/aromatic N) is 2. The molecule has 2 heterocycles. The van der Waals surface area contributed by atoms with Gasteiger partial charge in [0.15, 0.2) is 0 Å². The van der Waals surface area contributed by atoms with Crippen molar-refractivity contribution < 1.29 is 14.6 Å². The van der Waals surface area contributed by atoms with Gasteiger partial charge >= 0.3 is 0 Å². The molecule has 22 heavy (non-hydrogen) atoms. The molecule has 0 spiro atoms. The van der Waals surface area contributed by atoms with Crippen LogP contribution in [0.3, 0.4) is 0 Å². The minimum absolute atomic E-state index is 0.0451. The van der Waals surface area contributed by atoms with E-state index in [1.54, 1.807) is 12.0 Å². The van der Waals surface area contributed by atoms with Gasteiger partial charge in [-0.15, -0.1) is 0 Å². The van der Waals surface area contributed by atoms with Crippen molar-refractivity contribution in [3.63, 3.8) is 0 Å². The standard InChI is InChI=1S/C16H20N2O3S/c1-11-3-4-13-12(9-11)14(17-22-13)15(19)18-7-5-16(20,6-8-18)10-21-2/h3-4,9,20H,5-8,10H2,1-2H3. The van der Waals surface area contributed by atoms with Crippen LogP contribution in [-0.2, 0) is 4.74 Å². The first-order valence-corrected chi connectivity index (χ1v) is 8.16. The molecule has 0 unspecified atom stereocenters. The summed E-state index contributed by atoms with van der Waals surface area (Å²) in [7, 11) is 1.58. The molecule has 1 saturated heterocycles. The molecule has 1 aromatic heterocycles. The molecule has 1 aliphatic rings. The zero-order chi connectivity index (χ0) is 15.7. The number of aromatic nitrogens is 1. The van der Waals surface area contributed by atoms with Crippen molar-refractivity contribution in [2.75, 3.05) is 26.8 Å². The minimum atomic E-state index is -0.813.